The SMILES string of the molecule is O=C(OC(CS(=O)(=O)O)C(F)(F)F)c1cc(F)cc(F)c1. The Morgan fingerprint density at radius 1 is 1.19 bits per heavy atom. The lowest BCUT2D eigenvalue weighted by Gasteiger charge is -2.19. The van der Waals surface area contributed by atoms with Gasteiger partial charge in [-0.15, -0.1) is 0 Å². The van der Waals surface area contributed by atoms with Crippen LogP contribution in [0.1, 0.15) is 10.4 Å². The predicted molar refractivity (Wildman–Crippen MR) is 58.0 cm³/mol. The highest BCUT2D eigenvalue weighted by Crippen LogP contribution is 2.25. The number of carbonyl (C=O) groups excluding carboxylic acids is 1. The first kappa shape index (κ1) is 17.3. The van der Waals surface area contributed by atoms with Crippen LogP contribution in [0.15, 0.2) is 18.2 Å². The number of hydrogen-bond acceptors (Lipinski definition) is 4. The minimum atomic E-state index is -5.29. The average molecular weight is 334 g/mol. The molecule has 1 rings (SSSR count). The van der Waals surface area contributed by atoms with Crippen LogP contribution in [0.3, 0.4) is 0 Å². The Labute approximate surface area is 115 Å². The molecule has 1 unspecified atom stereocenters. The van der Waals surface area contributed by atoms with Gasteiger partial charge in [-0.05, 0) is 12.1 Å². The Morgan fingerprint density at radius 2 is 1.67 bits per heavy atom. The number of carbonyl (C=O) groups is 1. The number of ether oxygens (including phenoxy) is 1. The average Bonchev–Trinajstić information content (AvgIpc) is 2.23. The van der Waals surface area contributed by atoms with Crippen molar-refractivity contribution in [2.75, 3.05) is 5.75 Å². The maximum Gasteiger partial charge on any atom is 0.426 e. The van der Waals surface area contributed by atoms with Crippen LogP contribution in [0.25, 0.3) is 0 Å². The Morgan fingerprint density at radius 3 is 2.05 bits per heavy atom. The maximum absolute atomic E-state index is 12.8. The molecule has 5 nitrogen and oxygen atoms in total. The van der Waals surface area contributed by atoms with Crippen LogP contribution in [0.5, 0.6) is 0 Å². The summed E-state index contributed by atoms with van der Waals surface area (Å²) >= 11 is 0. The fraction of sp³-hybridized carbons (Fsp3) is 0.300. The topological polar surface area (TPSA) is 80.7 Å². The van der Waals surface area contributed by atoms with E-state index in [1.807, 2.05) is 0 Å². The van der Waals surface area contributed by atoms with Crippen molar-refractivity contribution in [3.8, 4) is 0 Å². The summed E-state index contributed by atoms with van der Waals surface area (Å²) in [6, 6.07) is 1.19. The highest BCUT2D eigenvalue weighted by Gasteiger charge is 2.45. The van der Waals surface area contributed by atoms with Gasteiger partial charge >= 0.3 is 12.1 Å². The summed E-state index contributed by atoms with van der Waals surface area (Å²) in [5.41, 5.74) is -0.878. The van der Waals surface area contributed by atoms with E-state index in [2.05, 4.69) is 4.74 Å². The second-order valence-electron chi connectivity index (χ2n) is 3.84. The van der Waals surface area contributed by atoms with E-state index in [9.17, 15) is 35.2 Å². The van der Waals surface area contributed by atoms with Crippen LogP contribution in [-0.4, -0.2) is 37.0 Å². The summed E-state index contributed by atoms with van der Waals surface area (Å²) in [6.45, 7) is 0. The van der Waals surface area contributed by atoms with Crippen LogP contribution in [0, 0.1) is 11.6 Å². The third-order valence-corrected chi connectivity index (χ3v) is 2.80. The molecular formula is C10H7F5O5S. The summed E-state index contributed by atoms with van der Waals surface area (Å²) in [5, 5.41) is 0. The number of hydrogen-bond donors (Lipinski definition) is 1. The quantitative estimate of drug-likeness (QED) is 0.517. The van der Waals surface area contributed by atoms with Crippen LogP contribution in [0.4, 0.5) is 22.0 Å². The minimum absolute atomic E-state index is 0.371. The first-order valence-corrected chi connectivity index (χ1v) is 6.68. The van der Waals surface area contributed by atoms with Crippen molar-refractivity contribution in [1.82, 2.24) is 0 Å². The Bertz CT molecular complexity index is 619. The third kappa shape index (κ3) is 5.63. The second kappa shape index (κ2) is 5.93. The molecule has 0 saturated heterocycles. The zero-order valence-electron chi connectivity index (χ0n) is 9.89. The molecule has 1 atom stereocenters. The highest BCUT2D eigenvalue weighted by atomic mass is 32.2. The lowest BCUT2D eigenvalue weighted by atomic mass is 10.2. The minimum Gasteiger partial charge on any atom is -0.448 e. The van der Waals surface area contributed by atoms with Gasteiger partial charge in [0.1, 0.15) is 17.4 Å². The summed E-state index contributed by atoms with van der Waals surface area (Å²) in [7, 11) is -5.10. The molecular weight excluding hydrogens is 327 g/mol. The molecule has 0 heterocycles. The molecule has 0 radical (unpaired) electrons. The molecule has 0 aliphatic carbocycles. The van der Waals surface area contributed by atoms with E-state index in [0.29, 0.717) is 18.2 Å². The molecule has 1 aromatic carbocycles. The molecule has 1 N–H and O–H groups in total. The van der Waals surface area contributed by atoms with Gasteiger partial charge in [-0.3, -0.25) is 4.55 Å². The Kier molecular flexibility index (Phi) is 4.89. The Hall–Kier alpha value is -1.75. The monoisotopic (exact) mass is 334 g/mol. The number of esters is 1. The molecule has 1 aromatic rings. The van der Waals surface area contributed by atoms with Crippen molar-refractivity contribution in [3.63, 3.8) is 0 Å². The zero-order chi connectivity index (χ0) is 16.4. The van der Waals surface area contributed by atoms with Crippen LogP contribution in [0.2, 0.25) is 0 Å². The van der Waals surface area contributed by atoms with Gasteiger partial charge in [-0.25, -0.2) is 13.6 Å². The lowest BCUT2D eigenvalue weighted by molar-refractivity contribution is -0.197. The van der Waals surface area contributed by atoms with E-state index in [1.165, 1.54) is 0 Å². The standard InChI is InChI=1S/C10H7F5O5S/c11-6-1-5(2-7(12)3-6)9(16)20-8(10(13,14)15)4-21(17,18)19/h1-3,8H,4H2,(H,17,18,19). The molecule has 11 heteroatoms. The first-order chi connectivity index (χ1) is 9.38. The van der Waals surface area contributed by atoms with E-state index in [1.54, 1.807) is 0 Å². The van der Waals surface area contributed by atoms with E-state index in [-0.39, 0.29) is 0 Å². The van der Waals surface area contributed by atoms with Crippen molar-refractivity contribution in [1.29, 1.82) is 0 Å². The lowest BCUT2D eigenvalue weighted by Crippen LogP contribution is -2.39. The summed E-state index contributed by atoms with van der Waals surface area (Å²) in [5.74, 6) is -6.19. The van der Waals surface area contributed by atoms with Gasteiger partial charge in [0.15, 0.2) is 0 Å². The van der Waals surface area contributed by atoms with Crippen LogP contribution < -0.4 is 0 Å². The molecule has 0 aliphatic rings. The number of rotatable bonds is 4. The van der Waals surface area contributed by atoms with Crippen molar-refractivity contribution in [3.05, 3.63) is 35.4 Å². The number of benzene rings is 1. The van der Waals surface area contributed by atoms with E-state index >= 15 is 0 Å². The smallest absolute Gasteiger partial charge is 0.426 e. The zero-order valence-corrected chi connectivity index (χ0v) is 10.7. The normalized spacial score (nSPS) is 13.8. The van der Waals surface area contributed by atoms with E-state index in [0.717, 1.165) is 0 Å². The van der Waals surface area contributed by atoms with Gasteiger partial charge in [0.2, 0.25) is 6.10 Å². The summed E-state index contributed by atoms with van der Waals surface area (Å²) < 4.78 is 96.3. The molecule has 21 heavy (non-hydrogen) atoms. The van der Waals surface area contributed by atoms with Gasteiger partial charge in [-0.1, -0.05) is 0 Å². The first-order valence-electron chi connectivity index (χ1n) is 5.07. The molecule has 0 aromatic heterocycles. The van der Waals surface area contributed by atoms with Gasteiger partial charge < -0.3 is 4.74 Å². The van der Waals surface area contributed by atoms with Crippen molar-refractivity contribution in [2.45, 2.75) is 12.3 Å². The Balaban J connectivity index is 3.00. The van der Waals surface area contributed by atoms with Crippen molar-refractivity contribution < 1.29 is 44.5 Å². The van der Waals surface area contributed by atoms with Gasteiger partial charge in [0, 0.05) is 6.07 Å². The fourth-order valence-electron chi connectivity index (χ4n) is 1.26. The molecule has 118 valence electrons. The van der Waals surface area contributed by atoms with E-state index in [4.69, 9.17) is 4.55 Å². The van der Waals surface area contributed by atoms with Crippen LogP contribution in [-0.2, 0) is 14.9 Å². The van der Waals surface area contributed by atoms with Crippen molar-refractivity contribution in [2.24, 2.45) is 0 Å². The molecule has 0 saturated carbocycles. The maximum atomic E-state index is 12.8. The molecule has 0 bridgehead atoms. The summed E-state index contributed by atoms with van der Waals surface area (Å²) in [6.07, 6.45) is -8.47. The second-order valence-corrected chi connectivity index (χ2v) is 5.34. The summed E-state index contributed by atoms with van der Waals surface area (Å²) in [4.78, 5) is 11.4. The van der Waals surface area contributed by atoms with Crippen molar-refractivity contribution >= 4 is 16.1 Å². The molecule has 0 aliphatic heterocycles. The van der Waals surface area contributed by atoms with Gasteiger partial charge in [-0.2, -0.15) is 21.6 Å². The largest absolute Gasteiger partial charge is 0.448 e. The van der Waals surface area contributed by atoms with Crippen LogP contribution >= 0.6 is 0 Å². The highest BCUT2D eigenvalue weighted by molar-refractivity contribution is 7.85. The molecule has 0 fully saturated rings. The fourth-order valence-corrected chi connectivity index (χ4v) is 1.90. The molecule has 0 amide bonds. The van der Waals surface area contributed by atoms with Gasteiger partial charge in [0.05, 0.1) is 5.56 Å². The van der Waals surface area contributed by atoms with Gasteiger partial charge in [0.25, 0.3) is 10.1 Å². The van der Waals surface area contributed by atoms with E-state index < -0.39 is 51.3 Å². The number of halogens is 5. The number of alkyl halides is 3. The third-order valence-electron chi connectivity index (χ3n) is 2.07. The molecule has 0 spiro atoms. The predicted octanol–water partition coefficient (Wildman–Crippen LogP) is 1.94.